The number of Topliss-reactive ketones (excluding diaryl/α,β-unsaturated/α-hetero) is 1. The van der Waals surface area contributed by atoms with Gasteiger partial charge in [0.15, 0.2) is 5.78 Å². The summed E-state index contributed by atoms with van der Waals surface area (Å²) in [7, 11) is 0. The SMILES string of the molecule is CC(=O)c1ccc2c(c1)C(C)(F)CCC2. The van der Waals surface area contributed by atoms with Gasteiger partial charge in [0.25, 0.3) is 0 Å². The van der Waals surface area contributed by atoms with Crippen molar-refractivity contribution in [3.63, 3.8) is 0 Å². The summed E-state index contributed by atoms with van der Waals surface area (Å²) in [5, 5.41) is 0. The Kier molecular flexibility index (Phi) is 2.37. The average molecular weight is 206 g/mol. The van der Waals surface area contributed by atoms with Gasteiger partial charge in [-0.1, -0.05) is 12.1 Å². The van der Waals surface area contributed by atoms with Crippen LogP contribution < -0.4 is 0 Å². The van der Waals surface area contributed by atoms with Gasteiger partial charge in [-0.15, -0.1) is 0 Å². The maximum absolute atomic E-state index is 14.2. The molecule has 1 aliphatic rings. The maximum Gasteiger partial charge on any atom is 0.159 e. The molecule has 0 radical (unpaired) electrons. The van der Waals surface area contributed by atoms with Crippen LogP contribution in [0.15, 0.2) is 18.2 Å². The van der Waals surface area contributed by atoms with Gasteiger partial charge < -0.3 is 0 Å². The Morgan fingerprint density at radius 2 is 2.20 bits per heavy atom. The van der Waals surface area contributed by atoms with Crippen LogP contribution in [0.4, 0.5) is 4.39 Å². The molecule has 0 spiro atoms. The van der Waals surface area contributed by atoms with Crippen LogP contribution >= 0.6 is 0 Å². The van der Waals surface area contributed by atoms with Crippen LogP contribution in [0.1, 0.15) is 48.2 Å². The molecular weight excluding hydrogens is 191 g/mol. The molecule has 0 aliphatic heterocycles. The van der Waals surface area contributed by atoms with Crippen LogP contribution in [0, 0.1) is 0 Å². The molecule has 0 fully saturated rings. The average Bonchev–Trinajstić information content (AvgIpc) is 2.17. The summed E-state index contributed by atoms with van der Waals surface area (Å²) in [6, 6.07) is 5.41. The van der Waals surface area contributed by atoms with Crippen molar-refractivity contribution in [1.82, 2.24) is 0 Å². The van der Waals surface area contributed by atoms with Crippen molar-refractivity contribution in [2.75, 3.05) is 0 Å². The molecule has 2 rings (SSSR count). The van der Waals surface area contributed by atoms with Gasteiger partial charge in [0.05, 0.1) is 0 Å². The number of rotatable bonds is 1. The monoisotopic (exact) mass is 206 g/mol. The summed E-state index contributed by atoms with van der Waals surface area (Å²) in [6.45, 7) is 3.12. The highest BCUT2D eigenvalue weighted by molar-refractivity contribution is 5.94. The molecule has 1 aromatic carbocycles. The molecule has 1 aromatic rings. The highest BCUT2D eigenvalue weighted by atomic mass is 19.1. The highest BCUT2D eigenvalue weighted by Crippen LogP contribution is 2.38. The fourth-order valence-corrected chi connectivity index (χ4v) is 2.24. The third-order valence-electron chi connectivity index (χ3n) is 3.17. The molecule has 2 heteroatoms. The van der Waals surface area contributed by atoms with Crippen molar-refractivity contribution < 1.29 is 9.18 Å². The molecule has 0 saturated carbocycles. The molecule has 1 aliphatic carbocycles. The Morgan fingerprint density at radius 1 is 1.47 bits per heavy atom. The predicted octanol–water partition coefficient (Wildman–Crippen LogP) is 3.41. The second kappa shape index (κ2) is 3.44. The van der Waals surface area contributed by atoms with Gasteiger partial charge in [-0.25, -0.2) is 4.39 Å². The molecule has 1 nitrogen and oxygen atoms in total. The molecular formula is C13H15FO. The van der Waals surface area contributed by atoms with Crippen molar-refractivity contribution in [2.24, 2.45) is 0 Å². The summed E-state index contributed by atoms with van der Waals surface area (Å²) in [4.78, 5) is 11.2. The van der Waals surface area contributed by atoms with E-state index in [1.54, 1.807) is 19.1 Å². The Morgan fingerprint density at radius 3 is 2.87 bits per heavy atom. The zero-order valence-electron chi connectivity index (χ0n) is 9.14. The quantitative estimate of drug-likeness (QED) is 0.643. The Balaban J connectivity index is 2.53. The van der Waals surface area contributed by atoms with E-state index >= 15 is 0 Å². The third-order valence-corrected chi connectivity index (χ3v) is 3.17. The van der Waals surface area contributed by atoms with E-state index in [0.29, 0.717) is 17.5 Å². The van der Waals surface area contributed by atoms with Crippen molar-refractivity contribution in [1.29, 1.82) is 0 Å². The largest absolute Gasteiger partial charge is 0.295 e. The summed E-state index contributed by atoms with van der Waals surface area (Å²) in [5.41, 5.74) is 1.11. The lowest BCUT2D eigenvalue weighted by atomic mass is 9.80. The lowest BCUT2D eigenvalue weighted by Crippen LogP contribution is -2.22. The first-order valence-corrected chi connectivity index (χ1v) is 5.34. The highest BCUT2D eigenvalue weighted by Gasteiger charge is 2.31. The van der Waals surface area contributed by atoms with Gasteiger partial charge in [-0.2, -0.15) is 0 Å². The van der Waals surface area contributed by atoms with E-state index < -0.39 is 5.67 Å². The molecule has 0 bridgehead atoms. The molecule has 1 atom stereocenters. The zero-order valence-corrected chi connectivity index (χ0v) is 9.14. The van der Waals surface area contributed by atoms with Crippen molar-refractivity contribution in [2.45, 2.75) is 38.8 Å². The van der Waals surface area contributed by atoms with Crippen LogP contribution in [0.2, 0.25) is 0 Å². The molecule has 0 aromatic heterocycles. The fourth-order valence-electron chi connectivity index (χ4n) is 2.24. The fraction of sp³-hybridized carbons (Fsp3) is 0.462. The number of ketones is 1. The van der Waals surface area contributed by atoms with E-state index in [4.69, 9.17) is 0 Å². The summed E-state index contributed by atoms with van der Waals surface area (Å²) < 4.78 is 14.2. The second-order valence-corrected chi connectivity index (χ2v) is 4.48. The molecule has 15 heavy (non-hydrogen) atoms. The first-order chi connectivity index (χ1) is 7.00. The Labute approximate surface area is 89.3 Å². The zero-order chi connectivity index (χ0) is 11.1. The molecule has 0 N–H and O–H groups in total. The number of halogens is 1. The van der Waals surface area contributed by atoms with Gasteiger partial charge in [-0.3, -0.25) is 4.79 Å². The first-order valence-electron chi connectivity index (χ1n) is 5.34. The smallest absolute Gasteiger partial charge is 0.159 e. The molecule has 0 amide bonds. The van der Waals surface area contributed by atoms with Crippen molar-refractivity contribution >= 4 is 5.78 Å². The van der Waals surface area contributed by atoms with E-state index in [-0.39, 0.29) is 5.78 Å². The number of aryl methyl sites for hydroxylation is 1. The normalized spacial score (nSPS) is 24.7. The van der Waals surface area contributed by atoms with E-state index in [2.05, 4.69) is 0 Å². The molecule has 1 unspecified atom stereocenters. The minimum atomic E-state index is -1.26. The van der Waals surface area contributed by atoms with E-state index in [0.717, 1.165) is 18.4 Å². The van der Waals surface area contributed by atoms with Crippen molar-refractivity contribution in [3.05, 3.63) is 34.9 Å². The number of hydrogen-bond donors (Lipinski definition) is 0. The predicted molar refractivity (Wildman–Crippen MR) is 57.8 cm³/mol. The van der Waals surface area contributed by atoms with E-state index in [1.165, 1.54) is 6.92 Å². The maximum atomic E-state index is 14.2. The van der Waals surface area contributed by atoms with Crippen LogP contribution in [0.3, 0.4) is 0 Å². The van der Waals surface area contributed by atoms with Crippen LogP contribution in [-0.2, 0) is 12.1 Å². The summed E-state index contributed by atoms with van der Waals surface area (Å²) in [5.74, 6) is -0.000765. The van der Waals surface area contributed by atoms with Gasteiger partial charge >= 0.3 is 0 Å². The van der Waals surface area contributed by atoms with Crippen molar-refractivity contribution in [3.8, 4) is 0 Å². The molecule has 0 heterocycles. The minimum absolute atomic E-state index is 0.000765. The van der Waals surface area contributed by atoms with Gasteiger partial charge in [0.1, 0.15) is 5.67 Å². The number of benzene rings is 1. The van der Waals surface area contributed by atoms with Gasteiger partial charge in [0.2, 0.25) is 0 Å². The second-order valence-electron chi connectivity index (χ2n) is 4.48. The number of fused-ring (bicyclic) bond motifs is 1. The number of hydrogen-bond acceptors (Lipinski definition) is 1. The minimum Gasteiger partial charge on any atom is -0.295 e. The summed E-state index contributed by atoms with van der Waals surface area (Å²) >= 11 is 0. The van der Waals surface area contributed by atoms with Crippen LogP contribution in [-0.4, -0.2) is 5.78 Å². The van der Waals surface area contributed by atoms with Crippen LogP contribution in [0.5, 0.6) is 0 Å². The standard InChI is InChI=1S/C13H15FO/c1-9(15)11-6-5-10-4-3-7-13(2,14)12(10)8-11/h5-6,8H,3-4,7H2,1-2H3. The van der Waals surface area contributed by atoms with Crippen LogP contribution in [0.25, 0.3) is 0 Å². The summed E-state index contributed by atoms with van der Waals surface area (Å²) in [6.07, 6.45) is 2.37. The molecule has 0 saturated heterocycles. The Bertz CT molecular complexity index is 407. The van der Waals surface area contributed by atoms with E-state index in [9.17, 15) is 9.18 Å². The third kappa shape index (κ3) is 1.81. The Hall–Kier alpha value is -1.18. The number of carbonyl (C=O) groups excluding carboxylic acids is 1. The lowest BCUT2D eigenvalue weighted by Gasteiger charge is -2.29. The number of alkyl halides is 1. The lowest BCUT2D eigenvalue weighted by molar-refractivity contribution is 0.101. The number of carbonyl (C=O) groups is 1. The van der Waals surface area contributed by atoms with Gasteiger partial charge in [-0.05, 0) is 50.3 Å². The topological polar surface area (TPSA) is 17.1 Å². The van der Waals surface area contributed by atoms with E-state index in [1.807, 2.05) is 6.07 Å². The van der Waals surface area contributed by atoms with Gasteiger partial charge in [0, 0.05) is 5.56 Å². The molecule has 80 valence electrons. The first kappa shape index (κ1) is 10.3.